The fraction of sp³-hybridized carbons (Fsp3) is 0.292. The third kappa shape index (κ3) is 3.62. The van der Waals surface area contributed by atoms with Crippen molar-refractivity contribution in [1.29, 1.82) is 0 Å². The quantitative estimate of drug-likeness (QED) is 0.500. The first-order chi connectivity index (χ1) is 15.5. The number of pyridine rings is 1. The zero-order chi connectivity index (χ0) is 22.2. The fourth-order valence-electron chi connectivity index (χ4n) is 4.35. The number of methoxy groups -OCH3 is 1. The lowest BCUT2D eigenvalue weighted by Gasteiger charge is -2.27. The molecular weight excluding hydrogens is 404 g/mol. The van der Waals surface area contributed by atoms with E-state index < -0.39 is 0 Å². The van der Waals surface area contributed by atoms with Crippen LogP contribution in [0.4, 0.5) is 5.82 Å². The summed E-state index contributed by atoms with van der Waals surface area (Å²) in [6.45, 7) is 4.41. The molecule has 0 unspecified atom stereocenters. The maximum atomic E-state index is 6.10. The van der Waals surface area contributed by atoms with Gasteiger partial charge in [0.2, 0.25) is 0 Å². The van der Waals surface area contributed by atoms with Crippen molar-refractivity contribution < 1.29 is 9.47 Å². The molecule has 3 aromatic heterocycles. The Bertz CT molecular complexity index is 1300. The molecule has 0 fully saturated rings. The number of anilines is 1. The Balaban J connectivity index is 1.46. The predicted molar refractivity (Wildman–Crippen MR) is 124 cm³/mol. The predicted octanol–water partition coefficient (Wildman–Crippen LogP) is 3.49. The van der Waals surface area contributed by atoms with Crippen molar-refractivity contribution in [1.82, 2.24) is 24.8 Å². The van der Waals surface area contributed by atoms with Gasteiger partial charge in [0.25, 0.3) is 5.88 Å². The second-order valence-corrected chi connectivity index (χ2v) is 8.20. The number of ether oxygens (including phenoxy) is 2. The number of H-pyrrole nitrogens is 1. The minimum absolute atomic E-state index is 0.233. The molecule has 0 saturated carbocycles. The Hall–Kier alpha value is -3.65. The van der Waals surface area contributed by atoms with Gasteiger partial charge in [0.15, 0.2) is 5.82 Å². The molecule has 5 rings (SSSR count). The van der Waals surface area contributed by atoms with Gasteiger partial charge in [0.05, 0.1) is 25.2 Å². The van der Waals surface area contributed by atoms with E-state index in [2.05, 4.69) is 46.0 Å². The van der Waals surface area contributed by atoms with Crippen molar-refractivity contribution in [2.75, 3.05) is 26.4 Å². The number of rotatable bonds is 5. The Morgan fingerprint density at radius 2 is 2.09 bits per heavy atom. The van der Waals surface area contributed by atoms with Crippen LogP contribution in [-0.2, 0) is 19.6 Å². The number of nitrogens with zero attached hydrogens (tertiary/aromatic N) is 4. The minimum Gasteiger partial charge on any atom is -0.495 e. The Labute approximate surface area is 186 Å². The van der Waals surface area contributed by atoms with E-state index >= 15 is 0 Å². The van der Waals surface area contributed by atoms with E-state index in [1.165, 1.54) is 16.7 Å². The van der Waals surface area contributed by atoms with Gasteiger partial charge in [0.1, 0.15) is 18.0 Å². The van der Waals surface area contributed by atoms with E-state index in [1.54, 1.807) is 19.5 Å². The maximum absolute atomic E-state index is 6.10. The number of nitrogens with one attached hydrogen (secondary N) is 1. The van der Waals surface area contributed by atoms with Crippen LogP contribution in [0.1, 0.15) is 22.3 Å². The van der Waals surface area contributed by atoms with Crippen molar-refractivity contribution in [3.63, 3.8) is 0 Å². The summed E-state index contributed by atoms with van der Waals surface area (Å²) in [4.78, 5) is 18.8. The number of aromatic nitrogens is 4. The van der Waals surface area contributed by atoms with Crippen molar-refractivity contribution in [2.24, 2.45) is 0 Å². The third-order valence-electron chi connectivity index (χ3n) is 6.04. The highest BCUT2D eigenvalue weighted by Crippen LogP contribution is 2.31. The lowest BCUT2D eigenvalue weighted by Crippen LogP contribution is -2.27. The van der Waals surface area contributed by atoms with Crippen molar-refractivity contribution >= 4 is 16.9 Å². The molecule has 1 aromatic carbocycles. The van der Waals surface area contributed by atoms with Gasteiger partial charge in [-0.2, -0.15) is 0 Å². The Morgan fingerprint density at radius 1 is 1.22 bits per heavy atom. The third-order valence-corrected chi connectivity index (χ3v) is 6.04. The van der Waals surface area contributed by atoms with Gasteiger partial charge in [-0.15, -0.1) is 0 Å². The van der Waals surface area contributed by atoms with Crippen LogP contribution in [0.25, 0.3) is 22.3 Å². The molecule has 0 bridgehead atoms. The number of nitrogen functional groups attached to an aromatic ring is 1. The summed E-state index contributed by atoms with van der Waals surface area (Å²) in [7, 11) is 3.76. The van der Waals surface area contributed by atoms with Gasteiger partial charge in [-0.05, 0) is 55.3 Å². The summed E-state index contributed by atoms with van der Waals surface area (Å²) in [6.07, 6.45) is 6.29. The number of aromatic amines is 1. The second-order valence-electron chi connectivity index (χ2n) is 8.20. The summed E-state index contributed by atoms with van der Waals surface area (Å²) < 4.78 is 11.5. The van der Waals surface area contributed by atoms with Gasteiger partial charge in [-0.25, -0.2) is 15.0 Å². The zero-order valence-corrected chi connectivity index (χ0v) is 18.5. The smallest absolute Gasteiger partial charge is 0.258 e. The number of hydrogen-bond donors (Lipinski definition) is 2. The highest BCUT2D eigenvalue weighted by Gasteiger charge is 2.18. The molecule has 164 valence electrons. The zero-order valence-electron chi connectivity index (χ0n) is 18.5. The average molecular weight is 431 g/mol. The standard InChI is InChI=1S/C24H26N6O2/c1-14-8-15(9-16-12-30(2)7-5-17(14)16)20-10-27-22(25)24(29-20)32-13-19-18-4-6-26-23(18)28-11-21(19)31-3/h4,6,8-11H,5,7,12-13H2,1-3H3,(H2,25,27)(H,26,28). The molecule has 8 heteroatoms. The summed E-state index contributed by atoms with van der Waals surface area (Å²) in [6, 6.07) is 6.32. The molecule has 0 amide bonds. The molecule has 0 radical (unpaired) electrons. The number of likely N-dealkylation sites (N-methyl/N-ethyl adjacent to an activating group) is 1. The van der Waals surface area contributed by atoms with Crippen LogP contribution in [0.2, 0.25) is 0 Å². The summed E-state index contributed by atoms with van der Waals surface area (Å²) in [5.74, 6) is 1.20. The van der Waals surface area contributed by atoms with Crippen molar-refractivity contribution in [3.8, 4) is 22.9 Å². The lowest BCUT2D eigenvalue weighted by molar-refractivity contribution is 0.288. The first-order valence-corrected chi connectivity index (χ1v) is 10.6. The fourth-order valence-corrected chi connectivity index (χ4v) is 4.35. The summed E-state index contributed by atoms with van der Waals surface area (Å²) in [5, 5.41) is 0.932. The molecule has 1 aliphatic rings. The largest absolute Gasteiger partial charge is 0.495 e. The van der Waals surface area contributed by atoms with E-state index in [-0.39, 0.29) is 12.4 Å². The van der Waals surface area contributed by atoms with E-state index in [4.69, 9.17) is 20.2 Å². The normalized spacial score (nSPS) is 13.8. The molecule has 0 spiro atoms. The number of benzene rings is 1. The molecule has 8 nitrogen and oxygen atoms in total. The van der Waals surface area contributed by atoms with Crippen LogP contribution in [0.5, 0.6) is 11.6 Å². The van der Waals surface area contributed by atoms with E-state index in [1.807, 2.05) is 12.3 Å². The number of fused-ring (bicyclic) bond motifs is 2. The van der Waals surface area contributed by atoms with Gasteiger partial charge in [-0.3, -0.25) is 0 Å². The number of nitrogens with two attached hydrogens (primary N) is 1. The Morgan fingerprint density at radius 3 is 2.94 bits per heavy atom. The highest BCUT2D eigenvalue weighted by molar-refractivity contribution is 5.81. The van der Waals surface area contributed by atoms with E-state index in [9.17, 15) is 0 Å². The van der Waals surface area contributed by atoms with Gasteiger partial charge in [-0.1, -0.05) is 0 Å². The van der Waals surface area contributed by atoms with Gasteiger partial charge in [0, 0.05) is 35.8 Å². The molecule has 3 N–H and O–H groups in total. The number of hydrogen-bond acceptors (Lipinski definition) is 7. The van der Waals surface area contributed by atoms with Crippen molar-refractivity contribution in [2.45, 2.75) is 26.5 Å². The molecule has 1 aliphatic heterocycles. The molecule has 0 atom stereocenters. The Kier molecular flexibility index (Phi) is 5.14. The summed E-state index contributed by atoms with van der Waals surface area (Å²) >= 11 is 0. The lowest BCUT2D eigenvalue weighted by atomic mass is 9.92. The molecular formula is C24H26N6O2. The van der Waals surface area contributed by atoms with E-state index in [0.717, 1.165) is 47.4 Å². The first-order valence-electron chi connectivity index (χ1n) is 10.6. The molecule has 0 aliphatic carbocycles. The van der Waals surface area contributed by atoms with Crippen LogP contribution in [0, 0.1) is 6.92 Å². The van der Waals surface area contributed by atoms with Gasteiger partial charge < -0.3 is 25.1 Å². The number of aryl methyl sites for hydroxylation is 1. The first kappa shape index (κ1) is 20.3. The molecule has 32 heavy (non-hydrogen) atoms. The highest BCUT2D eigenvalue weighted by atomic mass is 16.5. The van der Waals surface area contributed by atoms with E-state index in [0.29, 0.717) is 11.6 Å². The van der Waals surface area contributed by atoms with Crippen LogP contribution >= 0.6 is 0 Å². The maximum Gasteiger partial charge on any atom is 0.258 e. The molecule has 4 aromatic rings. The minimum atomic E-state index is 0.233. The van der Waals surface area contributed by atoms with Crippen LogP contribution < -0.4 is 15.2 Å². The average Bonchev–Trinajstić information content (AvgIpc) is 3.27. The van der Waals surface area contributed by atoms with Crippen LogP contribution in [0.15, 0.2) is 36.8 Å². The van der Waals surface area contributed by atoms with Crippen LogP contribution in [-0.4, -0.2) is 45.5 Å². The topological polar surface area (TPSA) is 102 Å². The molecule has 4 heterocycles. The summed E-state index contributed by atoms with van der Waals surface area (Å²) in [5.41, 5.74) is 13.6. The molecule has 0 saturated heterocycles. The monoisotopic (exact) mass is 430 g/mol. The second kappa shape index (κ2) is 8.12. The van der Waals surface area contributed by atoms with Crippen LogP contribution in [0.3, 0.4) is 0 Å². The van der Waals surface area contributed by atoms with Gasteiger partial charge >= 0.3 is 0 Å². The van der Waals surface area contributed by atoms with Crippen molar-refractivity contribution in [3.05, 3.63) is 59.0 Å². The SMILES string of the molecule is COc1cnc2[nH]ccc2c1COc1nc(-c2cc(C)c3c(c2)CN(C)CC3)cnc1N.